The summed E-state index contributed by atoms with van der Waals surface area (Å²) in [5, 5.41) is -0.457. The molecular formula is C22H17Cl4F3O2. The highest BCUT2D eigenvalue weighted by atomic mass is 35.5. The first kappa shape index (κ1) is 24.2. The molecule has 2 nitrogen and oxygen atoms in total. The van der Waals surface area contributed by atoms with E-state index in [0.29, 0.717) is 16.1 Å². The fraction of sp³-hybridized carbons (Fsp3) is 0.318. The normalized spacial score (nSPS) is 20.5. The molecule has 0 aromatic heterocycles. The lowest BCUT2D eigenvalue weighted by Gasteiger charge is -2.14. The predicted molar refractivity (Wildman–Crippen MR) is 117 cm³/mol. The zero-order valence-corrected chi connectivity index (χ0v) is 19.4. The summed E-state index contributed by atoms with van der Waals surface area (Å²) in [5.74, 6) is -2.10. The number of carbonyl (C=O) groups excluding carboxylic acids is 1. The van der Waals surface area contributed by atoms with Crippen LogP contribution >= 0.6 is 46.4 Å². The number of hydrogen-bond donors (Lipinski definition) is 0. The number of benzene rings is 2. The lowest BCUT2D eigenvalue weighted by atomic mass is 10.0. The van der Waals surface area contributed by atoms with Crippen LogP contribution in [0.1, 0.15) is 19.4 Å². The number of allylic oxidation sites excluding steroid dienone is 2. The molecule has 0 bridgehead atoms. The lowest BCUT2D eigenvalue weighted by Crippen LogP contribution is -2.11. The summed E-state index contributed by atoms with van der Waals surface area (Å²) in [5.41, 5.74) is 0.949. The van der Waals surface area contributed by atoms with E-state index in [1.54, 1.807) is 13.8 Å². The molecule has 0 unspecified atom stereocenters. The van der Waals surface area contributed by atoms with Gasteiger partial charge in [-0.05, 0) is 23.0 Å². The van der Waals surface area contributed by atoms with Crippen molar-refractivity contribution in [2.75, 3.05) is 0 Å². The average molecular weight is 512 g/mol. The van der Waals surface area contributed by atoms with Crippen molar-refractivity contribution >= 4 is 52.4 Å². The van der Waals surface area contributed by atoms with Crippen molar-refractivity contribution in [3.63, 3.8) is 0 Å². The van der Waals surface area contributed by atoms with E-state index in [4.69, 9.17) is 51.1 Å². The van der Waals surface area contributed by atoms with Crippen LogP contribution in [0.15, 0.2) is 47.5 Å². The second kappa shape index (κ2) is 8.86. The highest BCUT2D eigenvalue weighted by Gasteiger charge is 2.62. The minimum atomic E-state index is -4.66. The van der Waals surface area contributed by atoms with Crippen molar-refractivity contribution < 1.29 is 22.7 Å². The standard InChI is InChI=1S/C22H17Cl4F3O2/c1-21(2)13(8-16(25)22(27,28)29)18(21)20(30)31-10-12-14(23)9-15(24)17(19(12)26)11-6-4-3-5-7-11/h3-9,13,18H,10H2,1-2H3/t13-,18-/m0/s1. The zero-order chi connectivity index (χ0) is 23.1. The Morgan fingerprint density at radius 3 is 2.32 bits per heavy atom. The Labute approximate surface area is 197 Å². The fourth-order valence-electron chi connectivity index (χ4n) is 3.56. The van der Waals surface area contributed by atoms with E-state index < -0.39 is 34.4 Å². The first-order valence-corrected chi connectivity index (χ1v) is 10.7. The molecule has 1 fully saturated rings. The molecule has 1 aliphatic carbocycles. The second-order valence-electron chi connectivity index (χ2n) is 7.82. The molecule has 2 atom stereocenters. The molecule has 0 spiro atoms. The molecule has 0 N–H and O–H groups in total. The Bertz CT molecular complexity index is 1030. The Balaban J connectivity index is 1.80. The molecule has 31 heavy (non-hydrogen) atoms. The number of rotatable bonds is 5. The number of halogens is 7. The average Bonchev–Trinajstić information content (AvgIpc) is 3.21. The van der Waals surface area contributed by atoms with Crippen LogP contribution in [0.25, 0.3) is 11.1 Å². The smallest absolute Gasteiger partial charge is 0.426 e. The highest BCUT2D eigenvalue weighted by Crippen LogP contribution is 2.60. The van der Waals surface area contributed by atoms with Gasteiger partial charge in [-0.25, -0.2) is 0 Å². The van der Waals surface area contributed by atoms with E-state index in [1.807, 2.05) is 30.3 Å². The number of ether oxygens (including phenoxy) is 1. The molecule has 1 saturated carbocycles. The molecule has 0 aliphatic heterocycles. The molecule has 0 radical (unpaired) electrons. The zero-order valence-electron chi connectivity index (χ0n) is 16.4. The summed E-state index contributed by atoms with van der Waals surface area (Å²) in [6.45, 7) is 3.11. The van der Waals surface area contributed by atoms with Crippen LogP contribution < -0.4 is 0 Å². The number of alkyl halides is 3. The summed E-state index contributed by atoms with van der Waals surface area (Å²) in [6.07, 6.45) is -3.80. The molecule has 2 aromatic rings. The minimum absolute atomic E-state index is 0.217. The molecule has 3 rings (SSSR count). The van der Waals surface area contributed by atoms with E-state index in [0.717, 1.165) is 11.6 Å². The van der Waals surface area contributed by atoms with Crippen LogP contribution in [0.4, 0.5) is 13.2 Å². The maximum Gasteiger partial charge on any atom is 0.426 e. The Morgan fingerprint density at radius 2 is 1.74 bits per heavy atom. The van der Waals surface area contributed by atoms with Gasteiger partial charge in [0.1, 0.15) is 11.6 Å². The van der Waals surface area contributed by atoms with Gasteiger partial charge >= 0.3 is 12.1 Å². The third kappa shape index (κ3) is 5.00. The van der Waals surface area contributed by atoms with Crippen LogP contribution in [-0.4, -0.2) is 12.1 Å². The third-order valence-corrected chi connectivity index (χ3v) is 6.84. The summed E-state index contributed by atoms with van der Waals surface area (Å²) >= 11 is 24.4. The molecule has 1 aliphatic rings. The van der Waals surface area contributed by atoms with Gasteiger partial charge in [0, 0.05) is 11.1 Å². The third-order valence-electron chi connectivity index (χ3n) is 5.45. The summed E-state index contributed by atoms with van der Waals surface area (Å²) in [7, 11) is 0. The van der Waals surface area contributed by atoms with E-state index in [9.17, 15) is 18.0 Å². The van der Waals surface area contributed by atoms with Crippen LogP contribution in [0.5, 0.6) is 0 Å². The van der Waals surface area contributed by atoms with Gasteiger partial charge in [0.15, 0.2) is 0 Å². The molecular weight excluding hydrogens is 495 g/mol. The Kier molecular flexibility index (Phi) is 6.93. The van der Waals surface area contributed by atoms with Crippen molar-refractivity contribution in [2.24, 2.45) is 17.3 Å². The van der Waals surface area contributed by atoms with Gasteiger partial charge in [-0.2, -0.15) is 13.2 Å². The van der Waals surface area contributed by atoms with Gasteiger partial charge in [-0.3, -0.25) is 4.79 Å². The Morgan fingerprint density at radius 1 is 1.13 bits per heavy atom. The van der Waals surface area contributed by atoms with E-state index >= 15 is 0 Å². The highest BCUT2D eigenvalue weighted by molar-refractivity contribution is 6.42. The van der Waals surface area contributed by atoms with Crippen molar-refractivity contribution in [1.29, 1.82) is 0 Å². The number of carbonyl (C=O) groups is 1. The van der Waals surface area contributed by atoms with Crippen LogP contribution in [-0.2, 0) is 16.1 Å². The second-order valence-corrected chi connectivity index (χ2v) is 9.42. The predicted octanol–water partition coefficient (Wildman–Crippen LogP) is 8.31. The fourth-order valence-corrected chi connectivity index (χ4v) is 4.78. The van der Waals surface area contributed by atoms with Gasteiger partial charge in [0.2, 0.25) is 0 Å². The Hall–Kier alpha value is -1.40. The van der Waals surface area contributed by atoms with Crippen molar-refractivity contribution in [3.8, 4) is 11.1 Å². The van der Waals surface area contributed by atoms with Crippen LogP contribution in [0.2, 0.25) is 15.1 Å². The molecule has 0 heterocycles. The van der Waals surface area contributed by atoms with Gasteiger partial charge in [0.25, 0.3) is 0 Å². The molecule has 2 aromatic carbocycles. The maximum atomic E-state index is 12.7. The van der Waals surface area contributed by atoms with Gasteiger partial charge in [-0.1, -0.05) is 96.7 Å². The molecule has 9 heteroatoms. The van der Waals surface area contributed by atoms with Crippen molar-refractivity contribution in [1.82, 2.24) is 0 Å². The first-order chi connectivity index (χ1) is 14.4. The van der Waals surface area contributed by atoms with Crippen molar-refractivity contribution in [3.05, 3.63) is 68.1 Å². The SMILES string of the molecule is CC1(C)[C@H](C(=O)OCc2c(Cl)cc(Cl)c(-c3ccccc3)c2Cl)[C@@H]1C=C(Cl)C(F)(F)F. The van der Waals surface area contributed by atoms with Gasteiger partial charge < -0.3 is 4.74 Å². The van der Waals surface area contributed by atoms with E-state index in [2.05, 4.69) is 0 Å². The van der Waals surface area contributed by atoms with Crippen molar-refractivity contribution in [2.45, 2.75) is 26.6 Å². The van der Waals surface area contributed by atoms with E-state index in [-0.39, 0.29) is 16.7 Å². The monoisotopic (exact) mass is 510 g/mol. The number of esters is 1. The summed E-state index contributed by atoms with van der Waals surface area (Å²) < 4.78 is 43.6. The minimum Gasteiger partial charge on any atom is -0.460 e. The first-order valence-electron chi connectivity index (χ1n) is 9.18. The maximum absolute atomic E-state index is 12.7. The van der Waals surface area contributed by atoms with Gasteiger partial charge in [0.05, 0.1) is 21.0 Å². The number of hydrogen-bond acceptors (Lipinski definition) is 2. The largest absolute Gasteiger partial charge is 0.460 e. The lowest BCUT2D eigenvalue weighted by molar-refractivity contribution is -0.147. The summed E-state index contributed by atoms with van der Waals surface area (Å²) in [4.78, 5) is 12.6. The van der Waals surface area contributed by atoms with Crippen LogP contribution in [0.3, 0.4) is 0 Å². The summed E-state index contributed by atoms with van der Waals surface area (Å²) in [6, 6.07) is 10.7. The quantitative estimate of drug-likeness (QED) is 0.377. The molecule has 0 amide bonds. The van der Waals surface area contributed by atoms with E-state index in [1.165, 1.54) is 6.07 Å². The topological polar surface area (TPSA) is 26.3 Å². The molecule has 166 valence electrons. The van der Waals surface area contributed by atoms with Gasteiger partial charge in [-0.15, -0.1) is 0 Å². The van der Waals surface area contributed by atoms with Crippen LogP contribution in [0, 0.1) is 17.3 Å². The molecule has 0 saturated heterocycles.